The Morgan fingerprint density at radius 2 is 1.72 bits per heavy atom. The maximum absolute atomic E-state index is 12.6. The second-order valence-electron chi connectivity index (χ2n) is 6.49. The van der Waals surface area contributed by atoms with Crippen LogP contribution >= 0.6 is 0 Å². The molecule has 0 bridgehead atoms. The fourth-order valence-corrected chi connectivity index (χ4v) is 2.72. The van der Waals surface area contributed by atoms with E-state index in [0.717, 1.165) is 18.4 Å². The fourth-order valence-electron chi connectivity index (χ4n) is 2.72. The minimum absolute atomic E-state index is 0.187. The third-order valence-corrected chi connectivity index (χ3v) is 4.26. The molecule has 0 radical (unpaired) electrons. The number of carbonyl (C=O) groups excluding carboxylic acids is 2. The van der Waals surface area contributed by atoms with Crippen LogP contribution in [-0.2, 0) is 16.0 Å². The summed E-state index contributed by atoms with van der Waals surface area (Å²) in [7, 11) is 3.11. The lowest BCUT2D eigenvalue weighted by molar-refractivity contribution is -0.123. The Bertz CT molecular complexity index is 847. The van der Waals surface area contributed by atoms with Crippen LogP contribution in [0, 0.1) is 0 Å². The van der Waals surface area contributed by atoms with Gasteiger partial charge in [0.2, 0.25) is 5.91 Å². The van der Waals surface area contributed by atoms with Gasteiger partial charge in [-0.3, -0.25) is 9.59 Å². The van der Waals surface area contributed by atoms with Crippen LogP contribution < -0.4 is 20.1 Å². The molecule has 154 valence electrons. The number of rotatable bonds is 10. The molecule has 0 heterocycles. The number of carbonyl (C=O) groups is 2. The molecule has 0 saturated carbocycles. The number of benzene rings is 2. The summed E-state index contributed by atoms with van der Waals surface area (Å²) in [6.45, 7) is 2.60. The molecule has 0 saturated heterocycles. The smallest absolute Gasteiger partial charge is 0.267 e. The maximum atomic E-state index is 12.6. The second kappa shape index (κ2) is 11.5. The summed E-state index contributed by atoms with van der Waals surface area (Å²) in [6.07, 6.45) is 3.65. The zero-order valence-corrected chi connectivity index (χ0v) is 17.2. The average molecular weight is 396 g/mol. The van der Waals surface area contributed by atoms with Crippen LogP contribution in [0.4, 0.5) is 0 Å². The lowest BCUT2D eigenvalue weighted by Gasteiger charge is -2.12. The van der Waals surface area contributed by atoms with Crippen LogP contribution in [0.1, 0.15) is 30.9 Å². The van der Waals surface area contributed by atoms with E-state index in [1.54, 1.807) is 38.5 Å². The standard InChI is InChI=1S/C23H28N2O4/c1-4-5-13-24-23(27)19(25-22(26)16-17-9-7-6-8-10-17)14-18-11-12-20(28-2)21(15-18)29-3/h6-12,14-15H,4-5,13,16H2,1-3H3,(H,24,27)(H,25,26)/b19-14+. The van der Waals surface area contributed by atoms with Crippen molar-refractivity contribution in [3.63, 3.8) is 0 Å². The number of unbranched alkanes of at least 4 members (excludes halogenated alkanes) is 1. The number of hydrogen-bond donors (Lipinski definition) is 2. The molecule has 6 nitrogen and oxygen atoms in total. The molecule has 2 aromatic rings. The third kappa shape index (κ3) is 6.99. The highest BCUT2D eigenvalue weighted by Gasteiger charge is 2.14. The SMILES string of the molecule is CCCCNC(=O)/C(=C\c1ccc(OC)c(OC)c1)NC(=O)Cc1ccccc1. The topological polar surface area (TPSA) is 76.7 Å². The molecule has 0 aromatic heterocycles. The quantitative estimate of drug-likeness (QED) is 0.477. The summed E-state index contributed by atoms with van der Waals surface area (Å²) in [4.78, 5) is 25.1. The Morgan fingerprint density at radius 1 is 1.00 bits per heavy atom. The van der Waals surface area contributed by atoms with Crippen molar-refractivity contribution in [2.75, 3.05) is 20.8 Å². The van der Waals surface area contributed by atoms with Gasteiger partial charge in [0.05, 0.1) is 20.6 Å². The van der Waals surface area contributed by atoms with E-state index in [1.165, 1.54) is 0 Å². The van der Waals surface area contributed by atoms with Gasteiger partial charge in [0.15, 0.2) is 11.5 Å². The van der Waals surface area contributed by atoms with Crippen molar-refractivity contribution in [2.24, 2.45) is 0 Å². The van der Waals surface area contributed by atoms with E-state index in [-0.39, 0.29) is 23.9 Å². The van der Waals surface area contributed by atoms with Crippen molar-refractivity contribution < 1.29 is 19.1 Å². The molecule has 2 N–H and O–H groups in total. The van der Waals surface area contributed by atoms with Gasteiger partial charge in [-0.25, -0.2) is 0 Å². The molecule has 0 aliphatic heterocycles. The first kappa shape index (κ1) is 22.0. The summed E-state index contributed by atoms with van der Waals surface area (Å²) >= 11 is 0. The Morgan fingerprint density at radius 3 is 2.38 bits per heavy atom. The maximum Gasteiger partial charge on any atom is 0.267 e. The van der Waals surface area contributed by atoms with Crippen LogP contribution in [0.25, 0.3) is 6.08 Å². The van der Waals surface area contributed by atoms with Gasteiger partial charge in [0.1, 0.15) is 5.70 Å². The number of amides is 2. The Hall–Kier alpha value is -3.28. The predicted octanol–water partition coefficient (Wildman–Crippen LogP) is 3.32. The molecular weight excluding hydrogens is 368 g/mol. The van der Waals surface area contributed by atoms with Gasteiger partial charge in [-0.15, -0.1) is 0 Å². The van der Waals surface area contributed by atoms with Gasteiger partial charge in [-0.2, -0.15) is 0 Å². The van der Waals surface area contributed by atoms with Crippen molar-refractivity contribution >= 4 is 17.9 Å². The van der Waals surface area contributed by atoms with Crippen molar-refractivity contribution in [3.05, 3.63) is 65.4 Å². The van der Waals surface area contributed by atoms with E-state index in [1.807, 2.05) is 37.3 Å². The van der Waals surface area contributed by atoms with Crippen molar-refractivity contribution in [1.29, 1.82) is 0 Å². The molecule has 0 fully saturated rings. The van der Waals surface area contributed by atoms with Gasteiger partial charge in [0, 0.05) is 6.54 Å². The molecule has 6 heteroatoms. The van der Waals surface area contributed by atoms with Crippen LogP contribution in [-0.4, -0.2) is 32.6 Å². The van der Waals surface area contributed by atoms with E-state index >= 15 is 0 Å². The number of nitrogens with one attached hydrogen (secondary N) is 2. The summed E-state index contributed by atoms with van der Waals surface area (Å²) in [5, 5.41) is 5.59. The molecule has 0 aliphatic carbocycles. The van der Waals surface area contributed by atoms with E-state index in [0.29, 0.717) is 23.6 Å². The highest BCUT2D eigenvalue weighted by atomic mass is 16.5. The van der Waals surface area contributed by atoms with Gasteiger partial charge < -0.3 is 20.1 Å². The Kier molecular flexibility index (Phi) is 8.76. The van der Waals surface area contributed by atoms with E-state index in [4.69, 9.17) is 9.47 Å². The summed E-state index contributed by atoms with van der Waals surface area (Å²) in [5.74, 6) is 0.553. The molecule has 2 rings (SSSR count). The van der Waals surface area contributed by atoms with Gasteiger partial charge in [0.25, 0.3) is 5.91 Å². The molecule has 0 spiro atoms. The summed E-state index contributed by atoms with van der Waals surface area (Å²) in [6, 6.07) is 14.7. The van der Waals surface area contributed by atoms with Gasteiger partial charge in [-0.1, -0.05) is 49.7 Å². The summed E-state index contributed by atoms with van der Waals surface area (Å²) < 4.78 is 10.6. The van der Waals surface area contributed by atoms with E-state index in [2.05, 4.69) is 10.6 Å². The average Bonchev–Trinajstić information content (AvgIpc) is 2.73. The van der Waals surface area contributed by atoms with Crippen LogP contribution in [0.2, 0.25) is 0 Å². The van der Waals surface area contributed by atoms with Crippen molar-refractivity contribution in [2.45, 2.75) is 26.2 Å². The number of hydrogen-bond acceptors (Lipinski definition) is 4. The lowest BCUT2D eigenvalue weighted by Crippen LogP contribution is -2.35. The van der Waals surface area contributed by atoms with Crippen molar-refractivity contribution in [1.82, 2.24) is 10.6 Å². The molecule has 0 atom stereocenters. The molecule has 2 aromatic carbocycles. The minimum atomic E-state index is -0.324. The highest BCUT2D eigenvalue weighted by Crippen LogP contribution is 2.28. The second-order valence-corrected chi connectivity index (χ2v) is 6.49. The first-order valence-corrected chi connectivity index (χ1v) is 9.63. The predicted molar refractivity (Wildman–Crippen MR) is 114 cm³/mol. The zero-order valence-electron chi connectivity index (χ0n) is 17.2. The van der Waals surface area contributed by atoms with Crippen LogP contribution in [0.5, 0.6) is 11.5 Å². The normalized spacial score (nSPS) is 10.9. The lowest BCUT2D eigenvalue weighted by atomic mass is 10.1. The van der Waals surface area contributed by atoms with Crippen LogP contribution in [0.3, 0.4) is 0 Å². The van der Waals surface area contributed by atoms with Gasteiger partial charge >= 0.3 is 0 Å². The molecule has 2 amide bonds. The Balaban J connectivity index is 2.23. The largest absolute Gasteiger partial charge is 0.493 e. The first-order chi connectivity index (χ1) is 14.1. The zero-order chi connectivity index (χ0) is 21.1. The van der Waals surface area contributed by atoms with Crippen molar-refractivity contribution in [3.8, 4) is 11.5 Å². The summed E-state index contributed by atoms with van der Waals surface area (Å²) in [5.41, 5.74) is 1.78. The van der Waals surface area contributed by atoms with Crippen LogP contribution in [0.15, 0.2) is 54.2 Å². The first-order valence-electron chi connectivity index (χ1n) is 9.63. The fraction of sp³-hybridized carbons (Fsp3) is 0.304. The molecular formula is C23H28N2O4. The third-order valence-electron chi connectivity index (χ3n) is 4.26. The van der Waals surface area contributed by atoms with Gasteiger partial charge in [-0.05, 0) is 35.8 Å². The number of methoxy groups -OCH3 is 2. The highest BCUT2D eigenvalue weighted by molar-refractivity contribution is 6.01. The van der Waals surface area contributed by atoms with E-state index < -0.39 is 0 Å². The molecule has 29 heavy (non-hydrogen) atoms. The molecule has 0 aliphatic rings. The molecule has 0 unspecified atom stereocenters. The minimum Gasteiger partial charge on any atom is -0.493 e. The monoisotopic (exact) mass is 396 g/mol. The number of ether oxygens (including phenoxy) is 2. The Labute approximate surface area is 171 Å². The van der Waals surface area contributed by atoms with E-state index in [9.17, 15) is 9.59 Å².